The first-order valence-electron chi connectivity index (χ1n) is 45.2. The summed E-state index contributed by atoms with van der Waals surface area (Å²) in [7, 11) is -4.94. The first-order valence-corrected chi connectivity index (χ1v) is 56.3. The molecule has 0 aromatic carbocycles. The standard InChI is InChI=1S/C78H115N22O38P5S3/c1-10-11-42-43(24-49(128-42)98-35-90-51-65(82)85-33-87-68(51)98)134-141(110,144)126-31-47-55(60(120-21-16-115-7)73(131-47)96-26-39(3)64(81)93-77(96)104)136-139(106,107)123-29-45-54(59(119-20-15-114-6)72(130-45)95-25-38(2)63(80)92-76(95)103)135-140(108,109)124-30-46-56(62(122-23-18-117-9)75(133-46)100-37-91-52-66(83)86-34-88-69(52)100)137-143(112,146)127-32-48-57(61(121-22-17-116-8)74(132-48)97-27-40(4)70(102)94-78(97)105)138-142(111,145)125-28-44-53(101)58(118-19-14-113-5)71(129-44)99-36-89-50-41(79)12-13-84-67(50)99/h12-13,25-27,33-37,42-49,53-62,64,71-75,101H,10-11,14-24,28-32,81H2,1-9H3,(H2,79,84)(H,93,104)(H,106,107)(H,108,109)(H,110,144)(H,111,145)(H,112,146)(H2,80,92,103)(H2,82,85,87)(H2,83,86,88)(H,94,102,105)/t42-,43?,44-,45-,46-,47-,48-,49-,53?,54?,55?,56?,57?,58+,59+,60+,61+,62+,64?,71-,72-,73-,74-,75-,141?,142?,143?/m1/s1. The summed E-state index contributed by atoms with van der Waals surface area (Å²) < 4.78 is 240. The summed E-state index contributed by atoms with van der Waals surface area (Å²) in [5, 5.41) is 14.5. The number of rotatable bonds is 53. The van der Waals surface area contributed by atoms with Gasteiger partial charge >= 0.3 is 53.4 Å². The number of phosphoric acid groups is 2. The quantitative estimate of drug-likeness (QED) is 0.0148. The maximum Gasteiger partial charge on any atom is 0.472 e. The lowest BCUT2D eigenvalue weighted by Crippen LogP contribution is -2.57. The number of hydrogen-bond donors (Lipinski definition) is 13. The average molecular weight is 2220 g/mol. The molecule has 7 aliphatic heterocycles. The van der Waals surface area contributed by atoms with Crippen LogP contribution in [0.25, 0.3) is 33.5 Å². The predicted octanol–water partition coefficient (Wildman–Crippen LogP) is 2.32. The number of anilines is 4. The Balaban J connectivity index is 0.714. The third-order valence-electron chi connectivity index (χ3n) is 24.1. The van der Waals surface area contributed by atoms with Crippen LogP contribution < -0.4 is 50.9 Å². The van der Waals surface area contributed by atoms with Crippen molar-refractivity contribution in [2.75, 3.05) is 158 Å². The average Bonchev–Trinajstić information content (AvgIpc) is 1.55. The Morgan fingerprint density at radius 1 is 0.459 bits per heavy atom. The van der Waals surface area contributed by atoms with Gasteiger partial charge in [0.25, 0.3) is 5.56 Å². The summed E-state index contributed by atoms with van der Waals surface area (Å²) in [5.41, 5.74) is 30.1. The molecule has 7 aliphatic rings. The number of pyridine rings is 1. The van der Waals surface area contributed by atoms with Gasteiger partial charge in [-0.2, -0.15) is 4.98 Å². The van der Waals surface area contributed by atoms with E-state index in [9.17, 15) is 38.6 Å². The summed E-state index contributed by atoms with van der Waals surface area (Å²) in [4.78, 5) is 121. The molecule has 6 fully saturated rings. The topological polar surface area (TPSA) is 756 Å². The normalized spacial score (nSPS) is 30.2. The Morgan fingerprint density at radius 3 is 1.38 bits per heavy atom. The number of thiol groups is 3. The van der Waals surface area contributed by atoms with Crippen LogP contribution in [0.1, 0.15) is 75.4 Å². The summed E-state index contributed by atoms with van der Waals surface area (Å²) in [6.45, 7) is -15.3. The van der Waals surface area contributed by atoms with Crippen molar-refractivity contribution in [2.24, 2.45) is 5.73 Å². The van der Waals surface area contributed by atoms with E-state index in [1.165, 1.54) is 108 Å². The number of methoxy groups -OCH3 is 5. The maximum absolute atomic E-state index is 15.7. The van der Waals surface area contributed by atoms with Crippen LogP contribution in [0.3, 0.4) is 0 Å². The van der Waals surface area contributed by atoms with Crippen molar-refractivity contribution in [2.45, 2.75) is 194 Å². The van der Waals surface area contributed by atoms with Crippen LogP contribution >= 0.6 is 72.8 Å². The van der Waals surface area contributed by atoms with Crippen LogP contribution in [-0.2, 0) is 144 Å². The Hall–Kier alpha value is -7.51. The zero-order valence-electron chi connectivity index (χ0n) is 79.7. The summed E-state index contributed by atoms with van der Waals surface area (Å²) in [6.07, 6.45) is -24.6. The fourth-order valence-electron chi connectivity index (χ4n) is 17.1. The van der Waals surface area contributed by atoms with Gasteiger partial charge in [-0.15, -0.1) is 0 Å². The summed E-state index contributed by atoms with van der Waals surface area (Å²) >= 11 is 13.3. The number of aliphatic hydroxyl groups is 1. The number of imidazole rings is 3. The molecule has 15 N–H and O–H groups in total. The molecule has 15 heterocycles. The van der Waals surface area contributed by atoms with Gasteiger partial charge in [0.15, 0.2) is 59.7 Å². The Labute approximate surface area is 845 Å². The number of carbonyl (C=O) groups is 1. The molecule has 808 valence electrons. The van der Waals surface area contributed by atoms with Gasteiger partial charge in [0.05, 0.1) is 136 Å². The Kier molecular flexibility index (Phi) is 37.8. The molecule has 29 atom stereocenters. The summed E-state index contributed by atoms with van der Waals surface area (Å²) in [6, 6.07) is 0.687. The van der Waals surface area contributed by atoms with Crippen LogP contribution in [0.5, 0.6) is 0 Å². The van der Waals surface area contributed by atoms with Gasteiger partial charge in [-0.25, -0.2) is 77.1 Å². The minimum Gasteiger partial charge on any atom is -0.397 e. The molecule has 8 aromatic heterocycles. The minimum absolute atomic E-state index is 0.00443. The summed E-state index contributed by atoms with van der Waals surface area (Å²) in [5.74, 6) is -0.231. The van der Waals surface area contributed by atoms with E-state index in [4.69, 9.17) is 150 Å². The van der Waals surface area contributed by atoms with E-state index in [2.05, 4.69) is 91.9 Å². The number of urea groups is 1. The van der Waals surface area contributed by atoms with Gasteiger partial charge in [-0.3, -0.25) is 82.8 Å². The van der Waals surface area contributed by atoms with Gasteiger partial charge in [-0.1, -0.05) is 50.1 Å². The van der Waals surface area contributed by atoms with Gasteiger partial charge in [0, 0.05) is 77.9 Å². The van der Waals surface area contributed by atoms with Gasteiger partial charge in [0.1, 0.15) is 139 Å². The first kappa shape index (κ1) is 113. The smallest absolute Gasteiger partial charge is 0.397 e. The highest BCUT2D eigenvalue weighted by Gasteiger charge is 2.60. The third kappa shape index (κ3) is 26.3. The van der Waals surface area contributed by atoms with Crippen LogP contribution in [-0.4, -0.2) is 349 Å². The van der Waals surface area contributed by atoms with Crippen molar-refractivity contribution >= 4 is 135 Å². The van der Waals surface area contributed by atoms with Crippen molar-refractivity contribution in [1.82, 2.24) is 82.9 Å². The molecule has 0 bridgehead atoms. The number of phosphoric ester groups is 2. The van der Waals surface area contributed by atoms with Crippen LogP contribution in [0.2, 0.25) is 0 Å². The SMILES string of the molecule is CCC[C@H]1O[C@@H](n2cnc3c(N)ncnc32)CC1OP(=O)(S)OC[C@H]1O[C@@H](N2C=C(C)C(N)NC2=O)[C@@H](OCCOC)C1OP(=O)(O)OC[C@H]1O[C@@H](n2cc(C)c(N)nc2=O)[C@@H](OCCOC)C1OP(=O)(O)OC[C@H]1O[C@@H](n2cnc3c(N)ncnc32)[C@@H](OCCOC)C1OP(=O)(S)OC[C@H]1O[C@@H](n2cc(C)c(=O)[nH]c2=O)[C@@H](OCCOC)C1OP(=O)(S)OC[C@H]1O[C@@H](n2cnc3c(N)ccnc32)[C@@H](OCCOC)C1O. The molecule has 146 heavy (non-hydrogen) atoms. The van der Waals surface area contributed by atoms with Gasteiger partial charge in [0.2, 0.25) is 0 Å². The van der Waals surface area contributed by atoms with Crippen LogP contribution in [0.4, 0.5) is 27.9 Å². The largest absolute Gasteiger partial charge is 0.472 e. The predicted molar refractivity (Wildman–Crippen MR) is 513 cm³/mol. The van der Waals surface area contributed by atoms with E-state index in [0.717, 1.165) is 26.6 Å². The van der Waals surface area contributed by atoms with E-state index in [0.29, 0.717) is 35.1 Å². The fourth-order valence-corrected chi connectivity index (χ4v) is 23.5. The lowest BCUT2D eigenvalue weighted by atomic mass is 10.1. The number of H-pyrrole nitrogens is 1. The molecule has 68 heteroatoms. The number of nitrogens with two attached hydrogens (primary N) is 5. The highest BCUT2D eigenvalue weighted by atomic mass is 32.7. The second kappa shape index (κ2) is 49.1. The first-order chi connectivity index (χ1) is 69.7. The minimum atomic E-state index is -5.92. The number of aliphatic hydroxyl groups excluding tert-OH is 1. The van der Waals surface area contributed by atoms with E-state index in [1.54, 1.807) is 11.5 Å². The number of carbonyl (C=O) groups excluding carboxylic acids is 1. The Morgan fingerprint density at radius 2 is 0.870 bits per heavy atom. The number of aromatic nitrogens is 15. The van der Waals surface area contributed by atoms with Gasteiger partial charge < -0.3 is 125 Å². The number of aryl methyl sites for hydroxylation is 2. The number of fused-ring (bicyclic) bond motifs is 3. The molecule has 15 rings (SSSR count). The molecular weight excluding hydrogens is 2100 g/mol. The zero-order chi connectivity index (χ0) is 105. The number of amides is 2. The van der Waals surface area contributed by atoms with Crippen LogP contribution in [0.15, 0.2) is 82.5 Å². The van der Waals surface area contributed by atoms with E-state index in [1.807, 2.05) is 6.92 Å². The van der Waals surface area contributed by atoms with Crippen molar-refractivity contribution in [3.8, 4) is 0 Å². The van der Waals surface area contributed by atoms with Crippen molar-refractivity contribution in [1.29, 1.82) is 0 Å². The Bertz CT molecular complexity index is 6330. The van der Waals surface area contributed by atoms with E-state index >= 15 is 18.3 Å². The maximum atomic E-state index is 15.7. The molecule has 60 nitrogen and oxygen atoms in total. The molecule has 12 unspecified atom stereocenters. The highest BCUT2D eigenvalue weighted by Crippen LogP contribution is 2.62. The highest BCUT2D eigenvalue weighted by molar-refractivity contribution is 8.45. The van der Waals surface area contributed by atoms with E-state index < -0.39 is 246 Å². The number of nitrogens with one attached hydrogen (secondary N) is 2. The van der Waals surface area contributed by atoms with Gasteiger partial charge in [-0.05, 0) is 38.8 Å². The number of nitrogens with zero attached hydrogens (tertiary/aromatic N) is 15. The second-order valence-corrected chi connectivity index (χ2v) is 45.4. The molecule has 2 amide bonds. The molecular formula is C78H115N22O38P5S3. The fraction of sp³-hybridized carbons (Fsp3) is 0.654. The molecule has 8 aromatic rings. The molecule has 0 radical (unpaired) electrons. The molecule has 6 saturated heterocycles. The number of aromatic amines is 1. The second-order valence-electron chi connectivity index (χ2n) is 33.9. The van der Waals surface area contributed by atoms with Crippen molar-refractivity contribution in [3.05, 3.63) is 111 Å². The third-order valence-corrected chi connectivity index (χ3v) is 30.9. The zero-order valence-corrected chi connectivity index (χ0v) is 86.8. The number of nitrogen functional groups attached to an aromatic ring is 4. The lowest BCUT2D eigenvalue weighted by molar-refractivity contribution is -0.0906. The molecule has 0 aliphatic carbocycles. The molecule has 0 saturated carbocycles. The van der Waals surface area contributed by atoms with E-state index in [-0.39, 0.29) is 117 Å². The van der Waals surface area contributed by atoms with Crippen molar-refractivity contribution < 1.29 is 164 Å². The monoisotopic (exact) mass is 2220 g/mol. The van der Waals surface area contributed by atoms with Crippen LogP contribution in [0, 0.1) is 13.8 Å². The lowest BCUT2D eigenvalue weighted by Gasteiger charge is -2.35. The number of hydrogen-bond acceptors (Lipinski definition) is 50. The van der Waals surface area contributed by atoms with Crippen molar-refractivity contribution in [3.63, 3.8) is 0 Å². The number of ether oxygens (including phenoxy) is 16. The molecule has 0 spiro atoms.